The van der Waals surface area contributed by atoms with Gasteiger partial charge in [0.05, 0.1) is 5.52 Å². The zero-order chi connectivity index (χ0) is 12.5. The minimum Gasteiger partial charge on any atom is -0.314 e. The predicted molar refractivity (Wildman–Crippen MR) is 73.9 cm³/mol. The lowest BCUT2D eigenvalue weighted by Crippen LogP contribution is -2.42. The lowest BCUT2D eigenvalue weighted by molar-refractivity contribution is 0.234. The van der Waals surface area contributed by atoms with Gasteiger partial charge in [0, 0.05) is 45.2 Å². The molecule has 96 valence electrons. The van der Waals surface area contributed by atoms with Gasteiger partial charge in [-0.25, -0.2) is 0 Å². The van der Waals surface area contributed by atoms with Crippen LogP contribution in [0.25, 0.3) is 10.9 Å². The minimum absolute atomic E-state index is 0.609. The Balaban J connectivity index is 1.95. The summed E-state index contributed by atoms with van der Waals surface area (Å²) in [7, 11) is 1.93. The largest absolute Gasteiger partial charge is 0.314 e. The van der Waals surface area contributed by atoms with Crippen molar-refractivity contribution >= 4 is 22.5 Å². The van der Waals surface area contributed by atoms with Crippen molar-refractivity contribution in [2.75, 3.05) is 26.2 Å². The standard InChI is InChI=1S/C13H17ClN4/c1-17-11-4-2-3-10(12(11)13(14)16-17)9-18-7-5-15-6-8-18/h2-4,15H,5-9H2,1H3. The molecule has 1 saturated heterocycles. The molecule has 0 bridgehead atoms. The first kappa shape index (κ1) is 12.0. The summed E-state index contributed by atoms with van der Waals surface area (Å²) in [4.78, 5) is 2.45. The van der Waals surface area contributed by atoms with Gasteiger partial charge < -0.3 is 5.32 Å². The summed E-state index contributed by atoms with van der Waals surface area (Å²) in [5.74, 6) is 0. The Kier molecular flexibility index (Phi) is 3.24. The van der Waals surface area contributed by atoms with Gasteiger partial charge in [-0.05, 0) is 11.6 Å². The van der Waals surface area contributed by atoms with Crippen LogP contribution in [0, 0.1) is 0 Å². The number of nitrogens with zero attached hydrogens (tertiary/aromatic N) is 3. The third-order valence-electron chi connectivity index (χ3n) is 3.53. The van der Waals surface area contributed by atoms with E-state index in [4.69, 9.17) is 11.6 Å². The highest BCUT2D eigenvalue weighted by Crippen LogP contribution is 2.26. The molecule has 1 N–H and O–H groups in total. The van der Waals surface area contributed by atoms with Crippen LogP contribution in [0.5, 0.6) is 0 Å². The van der Waals surface area contributed by atoms with E-state index in [1.165, 1.54) is 5.56 Å². The fourth-order valence-corrected chi connectivity index (χ4v) is 2.90. The summed E-state index contributed by atoms with van der Waals surface area (Å²) in [6.45, 7) is 5.26. The van der Waals surface area contributed by atoms with Gasteiger partial charge in [0.1, 0.15) is 0 Å². The fourth-order valence-electron chi connectivity index (χ4n) is 2.57. The van der Waals surface area contributed by atoms with Crippen molar-refractivity contribution < 1.29 is 0 Å². The number of piperazine rings is 1. The molecule has 3 rings (SSSR count). The van der Waals surface area contributed by atoms with Crippen LogP contribution in [0.1, 0.15) is 5.56 Å². The molecule has 2 aromatic rings. The molecule has 4 nitrogen and oxygen atoms in total. The van der Waals surface area contributed by atoms with Gasteiger partial charge in [0.15, 0.2) is 5.15 Å². The minimum atomic E-state index is 0.609. The van der Waals surface area contributed by atoms with Crippen LogP contribution in [0.3, 0.4) is 0 Å². The molecule has 0 unspecified atom stereocenters. The molecule has 1 aromatic heterocycles. The average molecular weight is 265 g/mol. The third-order valence-corrected chi connectivity index (χ3v) is 3.79. The van der Waals surface area contributed by atoms with Gasteiger partial charge >= 0.3 is 0 Å². The van der Waals surface area contributed by atoms with Crippen LogP contribution in [0.2, 0.25) is 5.15 Å². The van der Waals surface area contributed by atoms with Gasteiger partial charge in [-0.2, -0.15) is 5.10 Å². The molecule has 1 aliphatic rings. The first-order valence-electron chi connectivity index (χ1n) is 6.29. The van der Waals surface area contributed by atoms with E-state index in [2.05, 4.69) is 33.5 Å². The highest BCUT2D eigenvalue weighted by molar-refractivity contribution is 6.34. The number of aromatic nitrogens is 2. The second-order valence-electron chi connectivity index (χ2n) is 4.75. The molecule has 0 aliphatic carbocycles. The average Bonchev–Trinajstić information content (AvgIpc) is 2.67. The molecular formula is C13H17ClN4. The monoisotopic (exact) mass is 264 g/mol. The van der Waals surface area contributed by atoms with Crippen molar-refractivity contribution in [2.24, 2.45) is 7.05 Å². The number of halogens is 1. The molecule has 0 spiro atoms. The molecule has 0 radical (unpaired) electrons. The smallest absolute Gasteiger partial charge is 0.159 e. The summed E-state index contributed by atoms with van der Waals surface area (Å²) in [5, 5.41) is 9.37. The molecule has 0 saturated carbocycles. The maximum atomic E-state index is 6.24. The van der Waals surface area contributed by atoms with Gasteiger partial charge in [0.25, 0.3) is 0 Å². The zero-order valence-corrected chi connectivity index (χ0v) is 11.2. The Hall–Kier alpha value is -1.10. The van der Waals surface area contributed by atoms with Crippen LogP contribution in [-0.4, -0.2) is 40.9 Å². The highest BCUT2D eigenvalue weighted by atomic mass is 35.5. The van der Waals surface area contributed by atoms with E-state index in [1.807, 2.05) is 11.7 Å². The predicted octanol–water partition coefficient (Wildman–Crippen LogP) is 1.63. The summed E-state index contributed by atoms with van der Waals surface area (Å²) in [5.41, 5.74) is 2.38. The fraction of sp³-hybridized carbons (Fsp3) is 0.462. The summed E-state index contributed by atoms with van der Waals surface area (Å²) >= 11 is 6.24. The number of aryl methyl sites for hydroxylation is 1. The van der Waals surface area contributed by atoms with E-state index in [0.717, 1.165) is 43.6 Å². The molecule has 1 aliphatic heterocycles. The molecular weight excluding hydrogens is 248 g/mol. The van der Waals surface area contributed by atoms with Gasteiger partial charge in [-0.1, -0.05) is 23.7 Å². The van der Waals surface area contributed by atoms with Crippen LogP contribution < -0.4 is 5.32 Å². The van der Waals surface area contributed by atoms with Crippen molar-refractivity contribution in [3.05, 3.63) is 28.9 Å². The van der Waals surface area contributed by atoms with Crippen LogP contribution in [0.15, 0.2) is 18.2 Å². The lowest BCUT2D eigenvalue weighted by atomic mass is 10.1. The maximum Gasteiger partial charge on any atom is 0.159 e. The van der Waals surface area contributed by atoms with E-state index >= 15 is 0 Å². The Morgan fingerprint density at radius 2 is 2.11 bits per heavy atom. The molecule has 18 heavy (non-hydrogen) atoms. The summed E-state index contributed by atoms with van der Waals surface area (Å²) < 4.78 is 1.85. The summed E-state index contributed by atoms with van der Waals surface area (Å²) in [6, 6.07) is 6.30. The number of hydrogen-bond donors (Lipinski definition) is 1. The first-order valence-corrected chi connectivity index (χ1v) is 6.66. The highest BCUT2D eigenvalue weighted by Gasteiger charge is 2.15. The molecule has 0 amide bonds. The Morgan fingerprint density at radius 3 is 2.89 bits per heavy atom. The molecule has 1 fully saturated rings. The SMILES string of the molecule is Cn1nc(Cl)c2c(CN3CCNCC3)cccc21. The number of hydrogen-bond acceptors (Lipinski definition) is 3. The van der Waals surface area contributed by atoms with Crippen molar-refractivity contribution in [2.45, 2.75) is 6.54 Å². The van der Waals surface area contributed by atoms with E-state index in [1.54, 1.807) is 0 Å². The topological polar surface area (TPSA) is 33.1 Å². The van der Waals surface area contributed by atoms with Crippen molar-refractivity contribution in [3.63, 3.8) is 0 Å². The van der Waals surface area contributed by atoms with Gasteiger partial charge in [-0.3, -0.25) is 9.58 Å². The molecule has 1 aromatic carbocycles. The quantitative estimate of drug-likeness (QED) is 0.895. The Bertz CT molecular complexity index is 557. The molecule has 5 heteroatoms. The number of benzene rings is 1. The Morgan fingerprint density at radius 1 is 1.33 bits per heavy atom. The van der Waals surface area contributed by atoms with Crippen LogP contribution >= 0.6 is 11.6 Å². The molecule has 0 atom stereocenters. The lowest BCUT2D eigenvalue weighted by Gasteiger charge is -2.27. The van der Waals surface area contributed by atoms with E-state index < -0.39 is 0 Å². The van der Waals surface area contributed by atoms with Crippen molar-refractivity contribution in [3.8, 4) is 0 Å². The van der Waals surface area contributed by atoms with Crippen molar-refractivity contribution in [1.29, 1.82) is 0 Å². The van der Waals surface area contributed by atoms with Crippen LogP contribution in [-0.2, 0) is 13.6 Å². The van der Waals surface area contributed by atoms with Gasteiger partial charge in [-0.15, -0.1) is 0 Å². The number of rotatable bonds is 2. The zero-order valence-electron chi connectivity index (χ0n) is 10.5. The van der Waals surface area contributed by atoms with Crippen molar-refractivity contribution in [1.82, 2.24) is 20.0 Å². The van der Waals surface area contributed by atoms with E-state index in [-0.39, 0.29) is 0 Å². The van der Waals surface area contributed by atoms with E-state index in [9.17, 15) is 0 Å². The summed E-state index contributed by atoms with van der Waals surface area (Å²) in [6.07, 6.45) is 0. The van der Waals surface area contributed by atoms with Gasteiger partial charge in [0.2, 0.25) is 0 Å². The normalized spacial score (nSPS) is 17.4. The molecule has 2 heterocycles. The van der Waals surface area contributed by atoms with Crippen LogP contribution in [0.4, 0.5) is 0 Å². The van der Waals surface area contributed by atoms with E-state index in [0.29, 0.717) is 5.15 Å². The second-order valence-corrected chi connectivity index (χ2v) is 5.11. The third kappa shape index (κ3) is 2.11. The second kappa shape index (κ2) is 4.88. The number of fused-ring (bicyclic) bond motifs is 1. The first-order chi connectivity index (χ1) is 8.75. The number of nitrogens with one attached hydrogen (secondary N) is 1. The Labute approximate surface area is 112 Å². The maximum absolute atomic E-state index is 6.24.